The van der Waals surface area contributed by atoms with E-state index in [2.05, 4.69) is 18.0 Å². The van der Waals surface area contributed by atoms with Crippen LogP contribution in [0.5, 0.6) is 5.75 Å². The molecule has 0 aromatic heterocycles. The van der Waals surface area contributed by atoms with Crippen molar-refractivity contribution in [1.29, 1.82) is 5.26 Å². The number of rotatable bonds is 10. The van der Waals surface area contributed by atoms with Gasteiger partial charge in [0.25, 0.3) is 0 Å². The van der Waals surface area contributed by atoms with Crippen molar-refractivity contribution in [1.82, 2.24) is 4.90 Å². The van der Waals surface area contributed by atoms with Crippen molar-refractivity contribution in [2.75, 3.05) is 33.4 Å². The van der Waals surface area contributed by atoms with E-state index < -0.39 is 0 Å². The summed E-state index contributed by atoms with van der Waals surface area (Å²) in [5, 5.41) is 17.4. The quantitative estimate of drug-likeness (QED) is 0.667. The molecule has 20 heavy (non-hydrogen) atoms. The Morgan fingerprint density at radius 1 is 1.10 bits per heavy atom. The molecular weight excluding hydrogens is 252 g/mol. The second kappa shape index (κ2) is 10.2. The van der Waals surface area contributed by atoms with E-state index in [0.717, 1.165) is 44.5 Å². The minimum Gasteiger partial charge on any atom is -0.494 e. The topological polar surface area (TPSA) is 56.5 Å². The van der Waals surface area contributed by atoms with Crippen LogP contribution in [0.2, 0.25) is 0 Å². The molecule has 0 spiro atoms. The maximum absolute atomic E-state index is 8.70. The Hall–Kier alpha value is -1.57. The van der Waals surface area contributed by atoms with Crippen LogP contribution in [-0.4, -0.2) is 43.4 Å². The summed E-state index contributed by atoms with van der Waals surface area (Å²) in [5.41, 5.74) is 0.653. The molecule has 0 radical (unpaired) electrons. The first-order chi connectivity index (χ1) is 9.76. The maximum Gasteiger partial charge on any atom is 0.119 e. The summed E-state index contributed by atoms with van der Waals surface area (Å²) in [4.78, 5) is 2.29. The molecule has 0 unspecified atom stereocenters. The molecule has 0 aliphatic rings. The summed E-state index contributed by atoms with van der Waals surface area (Å²) >= 11 is 0. The van der Waals surface area contributed by atoms with Gasteiger partial charge in [-0.05, 0) is 63.5 Å². The van der Waals surface area contributed by atoms with Gasteiger partial charge < -0.3 is 14.7 Å². The smallest absolute Gasteiger partial charge is 0.119 e. The lowest BCUT2D eigenvalue weighted by Gasteiger charge is -2.16. The van der Waals surface area contributed by atoms with Crippen LogP contribution in [0.4, 0.5) is 0 Å². The summed E-state index contributed by atoms with van der Waals surface area (Å²) in [7, 11) is 2.11. The Morgan fingerprint density at radius 2 is 1.80 bits per heavy atom. The number of aliphatic hydroxyl groups excluding tert-OH is 1. The largest absolute Gasteiger partial charge is 0.494 e. The van der Waals surface area contributed by atoms with Crippen molar-refractivity contribution in [3.05, 3.63) is 29.8 Å². The molecule has 0 bridgehead atoms. The maximum atomic E-state index is 8.70. The van der Waals surface area contributed by atoms with Crippen molar-refractivity contribution >= 4 is 0 Å². The summed E-state index contributed by atoms with van der Waals surface area (Å²) in [6.07, 6.45) is 4.10. The number of unbranched alkanes of at least 4 members (excludes halogenated alkanes) is 2. The molecule has 0 aliphatic heterocycles. The monoisotopic (exact) mass is 276 g/mol. The summed E-state index contributed by atoms with van der Waals surface area (Å²) < 4.78 is 5.63. The molecule has 1 N–H and O–H groups in total. The first kappa shape index (κ1) is 16.5. The Bertz CT molecular complexity index is 398. The Morgan fingerprint density at radius 3 is 2.45 bits per heavy atom. The van der Waals surface area contributed by atoms with Gasteiger partial charge in [0, 0.05) is 13.2 Å². The third kappa shape index (κ3) is 7.13. The summed E-state index contributed by atoms with van der Waals surface area (Å²) in [6.45, 7) is 3.06. The second-order valence-corrected chi connectivity index (χ2v) is 4.93. The van der Waals surface area contributed by atoms with Crippen LogP contribution in [0.15, 0.2) is 24.3 Å². The highest BCUT2D eigenvalue weighted by molar-refractivity contribution is 5.34. The van der Waals surface area contributed by atoms with Gasteiger partial charge in [-0.15, -0.1) is 0 Å². The number of hydrogen-bond donors (Lipinski definition) is 1. The zero-order valence-corrected chi connectivity index (χ0v) is 12.2. The van der Waals surface area contributed by atoms with Crippen molar-refractivity contribution in [3.63, 3.8) is 0 Å². The van der Waals surface area contributed by atoms with Crippen LogP contribution in [0.1, 0.15) is 31.2 Å². The highest BCUT2D eigenvalue weighted by Gasteiger charge is 1.99. The van der Waals surface area contributed by atoms with E-state index in [4.69, 9.17) is 15.1 Å². The van der Waals surface area contributed by atoms with Gasteiger partial charge in [0.2, 0.25) is 0 Å². The third-order valence-corrected chi connectivity index (χ3v) is 3.13. The molecule has 110 valence electrons. The number of ether oxygens (including phenoxy) is 1. The summed E-state index contributed by atoms with van der Waals surface area (Å²) in [5.74, 6) is 0.814. The molecule has 0 amide bonds. The van der Waals surface area contributed by atoms with E-state index >= 15 is 0 Å². The molecule has 0 fully saturated rings. The van der Waals surface area contributed by atoms with Crippen LogP contribution >= 0.6 is 0 Å². The van der Waals surface area contributed by atoms with Crippen molar-refractivity contribution < 1.29 is 9.84 Å². The SMILES string of the molecule is CN(CCCCCO)CCCOc1ccc(C#N)cc1. The van der Waals surface area contributed by atoms with E-state index in [9.17, 15) is 0 Å². The van der Waals surface area contributed by atoms with Crippen LogP contribution in [0, 0.1) is 11.3 Å². The predicted octanol–water partition coefficient (Wildman–Crippen LogP) is 2.42. The molecule has 1 aromatic carbocycles. The van der Waals surface area contributed by atoms with Gasteiger partial charge in [-0.3, -0.25) is 0 Å². The number of benzene rings is 1. The Kier molecular flexibility index (Phi) is 8.44. The minimum atomic E-state index is 0.294. The lowest BCUT2D eigenvalue weighted by atomic mass is 10.2. The lowest BCUT2D eigenvalue weighted by molar-refractivity contribution is 0.252. The minimum absolute atomic E-state index is 0.294. The molecule has 0 saturated heterocycles. The Balaban J connectivity index is 2.07. The van der Waals surface area contributed by atoms with Crippen LogP contribution < -0.4 is 4.74 Å². The van der Waals surface area contributed by atoms with Crippen LogP contribution in [-0.2, 0) is 0 Å². The van der Waals surface area contributed by atoms with Crippen molar-refractivity contribution in [3.8, 4) is 11.8 Å². The van der Waals surface area contributed by atoms with Gasteiger partial charge in [-0.25, -0.2) is 0 Å². The fourth-order valence-electron chi connectivity index (χ4n) is 1.93. The van der Waals surface area contributed by atoms with E-state index in [0.29, 0.717) is 18.8 Å². The predicted molar refractivity (Wildman–Crippen MR) is 79.7 cm³/mol. The number of hydrogen-bond acceptors (Lipinski definition) is 4. The average molecular weight is 276 g/mol. The number of nitrogens with zero attached hydrogens (tertiary/aromatic N) is 2. The third-order valence-electron chi connectivity index (χ3n) is 3.13. The average Bonchev–Trinajstić information content (AvgIpc) is 2.49. The zero-order chi connectivity index (χ0) is 14.6. The fourth-order valence-corrected chi connectivity index (χ4v) is 1.93. The molecular formula is C16H24N2O2. The lowest BCUT2D eigenvalue weighted by Crippen LogP contribution is -2.22. The fraction of sp³-hybridized carbons (Fsp3) is 0.562. The molecule has 0 heterocycles. The zero-order valence-electron chi connectivity index (χ0n) is 12.2. The van der Waals surface area contributed by atoms with Crippen molar-refractivity contribution in [2.45, 2.75) is 25.7 Å². The molecule has 4 heteroatoms. The highest BCUT2D eigenvalue weighted by Crippen LogP contribution is 2.11. The van der Waals surface area contributed by atoms with E-state index in [1.165, 1.54) is 0 Å². The van der Waals surface area contributed by atoms with Gasteiger partial charge in [-0.1, -0.05) is 0 Å². The molecule has 0 saturated carbocycles. The van der Waals surface area contributed by atoms with Gasteiger partial charge >= 0.3 is 0 Å². The Labute approximate surface area is 121 Å². The van der Waals surface area contributed by atoms with Gasteiger partial charge in [-0.2, -0.15) is 5.26 Å². The van der Waals surface area contributed by atoms with Crippen LogP contribution in [0.3, 0.4) is 0 Å². The summed E-state index contributed by atoms with van der Waals surface area (Å²) in [6, 6.07) is 9.28. The van der Waals surface area contributed by atoms with E-state index in [1.807, 2.05) is 12.1 Å². The van der Waals surface area contributed by atoms with Gasteiger partial charge in [0.1, 0.15) is 5.75 Å². The molecule has 1 rings (SSSR count). The molecule has 0 atom stereocenters. The van der Waals surface area contributed by atoms with E-state index in [-0.39, 0.29) is 0 Å². The normalized spacial score (nSPS) is 10.5. The van der Waals surface area contributed by atoms with E-state index in [1.54, 1.807) is 12.1 Å². The number of nitriles is 1. The van der Waals surface area contributed by atoms with Crippen molar-refractivity contribution in [2.24, 2.45) is 0 Å². The molecule has 1 aromatic rings. The van der Waals surface area contributed by atoms with Crippen LogP contribution in [0.25, 0.3) is 0 Å². The number of aliphatic hydroxyl groups is 1. The molecule has 4 nitrogen and oxygen atoms in total. The van der Waals surface area contributed by atoms with Gasteiger partial charge in [0.15, 0.2) is 0 Å². The first-order valence-electron chi connectivity index (χ1n) is 7.18. The second-order valence-electron chi connectivity index (χ2n) is 4.93. The van der Waals surface area contributed by atoms with Gasteiger partial charge in [0.05, 0.1) is 18.2 Å². The first-order valence-corrected chi connectivity index (χ1v) is 7.18. The standard InChI is InChI=1S/C16H24N2O2/c1-18(10-3-2-4-12-19)11-5-13-20-16-8-6-15(14-17)7-9-16/h6-9,19H,2-5,10-13H2,1H3. The highest BCUT2D eigenvalue weighted by atomic mass is 16.5. The molecule has 0 aliphatic carbocycles.